The molecular weight excluding hydrogens is 680 g/mol. The first-order valence-electron chi connectivity index (χ1n) is 10.6. The Kier molecular flexibility index (Phi) is 6.37. The van der Waals surface area contributed by atoms with Gasteiger partial charge < -0.3 is 22.9 Å². The van der Waals surface area contributed by atoms with Gasteiger partial charge in [-0.25, -0.2) is 0 Å². The highest BCUT2D eigenvalue weighted by Crippen LogP contribution is 2.69. The summed E-state index contributed by atoms with van der Waals surface area (Å²) >= 11 is 14.6. The number of carbonyl (C=O) groups is 4. The first-order chi connectivity index (χ1) is 14.8. The number of rotatable bonds is 7. The van der Waals surface area contributed by atoms with Crippen LogP contribution in [0.2, 0.25) is 0 Å². The highest BCUT2D eigenvalue weighted by molar-refractivity contribution is 9.12. The summed E-state index contributed by atoms with van der Waals surface area (Å²) in [7, 11) is 0. The predicted molar refractivity (Wildman–Crippen MR) is 132 cm³/mol. The number of halogens is 4. The van der Waals surface area contributed by atoms with E-state index in [2.05, 4.69) is 63.7 Å². The molecule has 4 aliphatic rings. The second-order valence-corrected chi connectivity index (χ2v) is 14.1. The van der Waals surface area contributed by atoms with Crippen LogP contribution in [0, 0.1) is 46.3 Å². The van der Waals surface area contributed by atoms with Crippen LogP contribution in [0.1, 0.15) is 25.7 Å². The normalized spacial score (nSPS) is 51.1. The van der Waals surface area contributed by atoms with Gasteiger partial charge in [-0.15, -0.1) is 0 Å². The number of hydrogen-bond donors (Lipinski definition) is 4. The quantitative estimate of drug-likeness (QED) is 0.293. The molecule has 0 aliphatic heterocycles. The Morgan fingerprint density at radius 1 is 0.625 bits per heavy atom. The lowest BCUT2D eigenvalue weighted by atomic mass is 9.57. The molecule has 4 saturated carbocycles. The van der Waals surface area contributed by atoms with Crippen molar-refractivity contribution in [2.75, 3.05) is 0 Å². The molecule has 32 heavy (non-hydrogen) atoms. The zero-order valence-corrected chi connectivity index (χ0v) is 23.4. The third-order valence-electron chi connectivity index (χ3n) is 9.02. The van der Waals surface area contributed by atoms with E-state index in [1.807, 2.05) is 0 Å². The van der Waals surface area contributed by atoms with E-state index in [-0.39, 0.29) is 55.8 Å². The molecule has 0 aromatic heterocycles. The van der Waals surface area contributed by atoms with Crippen molar-refractivity contribution in [3.8, 4) is 0 Å². The van der Waals surface area contributed by atoms with Gasteiger partial charge in [-0.3, -0.25) is 19.2 Å². The zero-order valence-electron chi connectivity index (χ0n) is 17.1. The minimum Gasteiger partial charge on any atom is -0.369 e. The number of fused-ring (bicyclic) bond motifs is 4. The molecule has 8 N–H and O–H groups in total. The molecule has 0 aromatic rings. The summed E-state index contributed by atoms with van der Waals surface area (Å²) in [5.74, 6) is -4.65. The van der Waals surface area contributed by atoms with Crippen LogP contribution in [0.25, 0.3) is 0 Å². The van der Waals surface area contributed by atoms with Gasteiger partial charge in [0.25, 0.3) is 0 Å². The van der Waals surface area contributed by atoms with Crippen molar-refractivity contribution in [2.24, 2.45) is 69.3 Å². The van der Waals surface area contributed by atoms with Gasteiger partial charge in [0.05, 0.1) is 22.7 Å². The molecule has 4 fully saturated rings. The maximum absolute atomic E-state index is 13.0. The smallest absolute Gasteiger partial charge is 0.224 e. The largest absolute Gasteiger partial charge is 0.369 e. The molecule has 0 saturated heterocycles. The number of amides is 4. The lowest BCUT2D eigenvalue weighted by Gasteiger charge is -2.48. The van der Waals surface area contributed by atoms with E-state index in [1.165, 1.54) is 0 Å². The third kappa shape index (κ3) is 3.00. The molecule has 4 bridgehead atoms. The highest BCUT2D eigenvalue weighted by Gasteiger charge is 2.72. The van der Waals surface area contributed by atoms with E-state index >= 15 is 0 Å². The molecule has 12 heteroatoms. The second-order valence-electron chi connectivity index (χ2n) is 9.86. The van der Waals surface area contributed by atoms with E-state index in [0.29, 0.717) is 12.8 Å². The molecule has 4 rings (SSSR count). The van der Waals surface area contributed by atoms with Crippen molar-refractivity contribution in [3.05, 3.63) is 0 Å². The van der Waals surface area contributed by atoms with Gasteiger partial charge >= 0.3 is 0 Å². The maximum atomic E-state index is 13.0. The lowest BCUT2D eigenvalue weighted by Crippen LogP contribution is -2.60. The van der Waals surface area contributed by atoms with Gasteiger partial charge in [0.15, 0.2) is 0 Å². The lowest BCUT2D eigenvalue weighted by molar-refractivity contribution is -0.148. The van der Waals surface area contributed by atoms with E-state index in [0.717, 1.165) is 0 Å². The Morgan fingerprint density at radius 3 is 1.19 bits per heavy atom. The van der Waals surface area contributed by atoms with Crippen LogP contribution in [0.15, 0.2) is 0 Å². The number of hydrogen-bond acceptors (Lipinski definition) is 4. The van der Waals surface area contributed by atoms with Crippen LogP contribution >= 0.6 is 63.7 Å². The van der Waals surface area contributed by atoms with Crippen LogP contribution < -0.4 is 22.9 Å². The number of primary amides is 4. The molecule has 178 valence electrons. The van der Waals surface area contributed by atoms with E-state index < -0.39 is 46.3 Å². The van der Waals surface area contributed by atoms with Crippen LogP contribution in [-0.4, -0.2) is 42.9 Å². The molecule has 0 aromatic carbocycles. The van der Waals surface area contributed by atoms with Gasteiger partial charge in [-0.05, 0) is 49.4 Å². The molecule has 12 unspecified atom stereocenters. The Hall–Kier alpha value is -0.200. The minimum atomic E-state index is -1.23. The molecule has 0 heterocycles. The Bertz CT molecular complexity index is 822. The Labute approximate surface area is 219 Å². The summed E-state index contributed by atoms with van der Waals surface area (Å²) in [5, 5.41) is 0. The molecule has 0 radical (unpaired) electrons. The van der Waals surface area contributed by atoms with Crippen molar-refractivity contribution < 1.29 is 19.2 Å². The summed E-state index contributed by atoms with van der Waals surface area (Å²) in [6.45, 7) is 0. The maximum Gasteiger partial charge on any atom is 0.224 e. The molecule has 0 spiro atoms. The molecule has 12 atom stereocenters. The number of nitrogens with two attached hydrogens (primary N) is 4. The first-order valence-corrected chi connectivity index (χ1v) is 14.2. The van der Waals surface area contributed by atoms with Gasteiger partial charge in [-0.2, -0.15) is 0 Å². The van der Waals surface area contributed by atoms with Crippen LogP contribution in [0.4, 0.5) is 0 Å². The first kappa shape index (κ1) is 24.9. The van der Waals surface area contributed by atoms with E-state index in [1.54, 1.807) is 0 Å². The summed E-state index contributed by atoms with van der Waals surface area (Å²) < 4.78 is 0. The Balaban J connectivity index is 1.77. The fourth-order valence-electron chi connectivity index (χ4n) is 7.82. The topological polar surface area (TPSA) is 172 Å². The SMILES string of the molecule is NC(=O)C1C2CC(C(Br)C2Br)C1(CCC1(C(N)=O)C2CC(C(Br)C2Br)C1C(N)=O)C(N)=O. The van der Waals surface area contributed by atoms with Crippen LogP contribution in [-0.2, 0) is 19.2 Å². The molecule has 4 amide bonds. The van der Waals surface area contributed by atoms with E-state index in [4.69, 9.17) is 22.9 Å². The zero-order chi connectivity index (χ0) is 23.9. The number of alkyl halides is 4. The standard InChI is InChI=1S/C20H26Br4N4O4/c21-11-5-3-7(13(11)23)19(17(27)31,9(5)15(25)29)1-2-20(18(28)32)8-4-6(10(20)16(26)30)12(22)14(8)24/h5-14H,1-4H2,(H2,25,29)(H2,26,30)(H2,27,31)(H2,28,32). The summed E-state index contributed by atoms with van der Waals surface area (Å²) in [4.78, 5) is 50.9. The number of carbonyl (C=O) groups excluding carboxylic acids is 4. The van der Waals surface area contributed by atoms with Gasteiger partial charge in [0.2, 0.25) is 23.6 Å². The van der Waals surface area contributed by atoms with Crippen molar-refractivity contribution >= 4 is 87.3 Å². The van der Waals surface area contributed by atoms with Crippen molar-refractivity contribution in [2.45, 2.75) is 45.0 Å². The van der Waals surface area contributed by atoms with Gasteiger partial charge in [0.1, 0.15) is 0 Å². The average molecular weight is 706 g/mol. The molecule has 4 aliphatic carbocycles. The highest BCUT2D eigenvalue weighted by atomic mass is 79.9. The van der Waals surface area contributed by atoms with Crippen LogP contribution in [0.3, 0.4) is 0 Å². The van der Waals surface area contributed by atoms with Crippen molar-refractivity contribution in [3.63, 3.8) is 0 Å². The van der Waals surface area contributed by atoms with Gasteiger partial charge in [-0.1, -0.05) is 63.7 Å². The van der Waals surface area contributed by atoms with E-state index in [9.17, 15) is 19.2 Å². The van der Waals surface area contributed by atoms with Crippen molar-refractivity contribution in [1.82, 2.24) is 0 Å². The van der Waals surface area contributed by atoms with Gasteiger partial charge in [0, 0.05) is 19.3 Å². The summed E-state index contributed by atoms with van der Waals surface area (Å²) in [5.41, 5.74) is 21.1. The summed E-state index contributed by atoms with van der Waals surface area (Å²) in [6, 6.07) is 0. The molecule has 8 nitrogen and oxygen atoms in total. The van der Waals surface area contributed by atoms with Crippen molar-refractivity contribution in [1.29, 1.82) is 0 Å². The fourth-order valence-corrected chi connectivity index (χ4v) is 11.8. The Morgan fingerprint density at radius 2 is 0.938 bits per heavy atom. The third-order valence-corrected chi connectivity index (χ3v) is 15.4. The van der Waals surface area contributed by atoms with Crippen LogP contribution in [0.5, 0.6) is 0 Å². The average Bonchev–Trinajstić information content (AvgIpc) is 3.39. The monoisotopic (exact) mass is 702 g/mol. The molecular formula is C20H26Br4N4O4. The predicted octanol–water partition coefficient (Wildman–Crippen LogP) is 1.27. The minimum absolute atomic E-state index is 0.0236. The second kappa shape index (κ2) is 8.19. The summed E-state index contributed by atoms with van der Waals surface area (Å²) in [6.07, 6.45) is 1.51. The fraction of sp³-hybridized carbons (Fsp3) is 0.800.